The molecule has 1 atom stereocenters. The molecule has 2 N–H and O–H groups in total. The third kappa shape index (κ3) is 2.31. The van der Waals surface area contributed by atoms with Gasteiger partial charge in [0.2, 0.25) is 11.7 Å². The van der Waals surface area contributed by atoms with E-state index in [2.05, 4.69) is 15.0 Å². The van der Waals surface area contributed by atoms with Crippen molar-refractivity contribution in [2.24, 2.45) is 5.73 Å². The van der Waals surface area contributed by atoms with E-state index in [1.54, 1.807) is 11.3 Å². The molecule has 1 fully saturated rings. The predicted octanol–water partition coefficient (Wildman–Crippen LogP) is 1.72. The Balaban J connectivity index is 1.70. The Morgan fingerprint density at radius 2 is 2.50 bits per heavy atom. The molecule has 0 spiro atoms. The molecule has 2 aromatic rings. The Hall–Kier alpha value is -1.24. The largest absolute Gasteiger partial charge is 0.338 e. The first-order valence-electron chi connectivity index (χ1n) is 6.16. The standard InChI is InChI=1S/C12H16N4OS/c13-6-10-2-1-4-16(10)7-11-14-12(15-17-11)9-3-5-18-8-9/h3,5,8,10H,1-2,4,6-7,13H2. The summed E-state index contributed by atoms with van der Waals surface area (Å²) in [7, 11) is 0. The van der Waals surface area contributed by atoms with Gasteiger partial charge in [-0.05, 0) is 30.8 Å². The summed E-state index contributed by atoms with van der Waals surface area (Å²) < 4.78 is 5.30. The molecule has 0 aliphatic carbocycles. The second kappa shape index (κ2) is 5.17. The molecule has 3 heterocycles. The topological polar surface area (TPSA) is 68.2 Å². The average Bonchev–Trinajstić information content (AvgIpc) is 3.10. The highest BCUT2D eigenvalue weighted by Gasteiger charge is 2.25. The molecule has 0 aromatic carbocycles. The molecule has 5 nitrogen and oxygen atoms in total. The highest BCUT2D eigenvalue weighted by Crippen LogP contribution is 2.21. The molecular formula is C12H16N4OS. The summed E-state index contributed by atoms with van der Waals surface area (Å²) in [5.41, 5.74) is 6.77. The van der Waals surface area contributed by atoms with Crippen molar-refractivity contribution in [3.05, 3.63) is 22.7 Å². The minimum Gasteiger partial charge on any atom is -0.338 e. The first kappa shape index (κ1) is 11.8. The van der Waals surface area contributed by atoms with Gasteiger partial charge in [0.25, 0.3) is 0 Å². The molecule has 18 heavy (non-hydrogen) atoms. The van der Waals surface area contributed by atoms with Gasteiger partial charge in [0.15, 0.2) is 0 Å². The zero-order valence-electron chi connectivity index (χ0n) is 10.1. The molecule has 6 heteroatoms. The molecule has 1 aliphatic rings. The van der Waals surface area contributed by atoms with E-state index in [1.807, 2.05) is 16.8 Å². The SMILES string of the molecule is NCC1CCCN1Cc1nc(-c2ccsc2)no1. The number of thiophene rings is 1. The number of rotatable bonds is 4. The maximum absolute atomic E-state index is 5.75. The van der Waals surface area contributed by atoms with Crippen molar-refractivity contribution in [1.29, 1.82) is 0 Å². The van der Waals surface area contributed by atoms with Gasteiger partial charge in [0.05, 0.1) is 6.54 Å². The molecule has 1 unspecified atom stereocenters. The van der Waals surface area contributed by atoms with Gasteiger partial charge in [-0.15, -0.1) is 0 Å². The summed E-state index contributed by atoms with van der Waals surface area (Å²) in [6, 6.07) is 2.46. The fourth-order valence-corrected chi connectivity index (χ4v) is 3.01. The van der Waals surface area contributed by atoms with Crippen molar-refractivity contribution in [3.63, 3.8) is 0 Å². The van der Waals surface area contributed by atoms with Crippen LogP contribution in [0.5, 0.6) is 0 Å². The van der Waals surface area contributed by atoms with Crippen molar-refractivity contribution in [2.75, 3.05) is 13.1 Å². The van der Waals surface area contributed by atoms with Gasteiger partial charge in [-0.2, -0.15) is 16.3 Å². The van der Waals surface area contributed by atoms with Crippen molar-refractivity contribution >= 4 is 11.3 Å². The number of hydrogen-bond acceptors (Lipinski definition) is 6. The Labute approximate surface area is 110 Å². The summed E-state index contributed by atoms with van der Waals surface area (Å²) in [5.74, 6) is 1.35. The van der Waals surface area contributed by atoms with Gasteiger partial charge < -0.3 is 10.3 Å². The van der Waals surface area contributed by atoms with Gasteiger partial charge in [-0.3, -0.25) is 4.90 Å². The summed E-state index contributed by atoms with van der Waals surface area (Å²) >= 11 is 1.63. The van der Waals surface area contributed by atoms with Gasteiger partial charge in [0, 0.05) is 23.5 Å². The van der Waals surface area contributed by atoms with Crippen LogP contribution < -0.4 is 5.73 Å². The first-order valence-corrected chi connectivity index (χ1v) is 7.10. The molecule has 0 saturated carbocycles. The van der Waals surface area contributed by atoms with Gasteiger partial charge in [-0.1, -0.05) is 5.16 Å². The maximum atomic E-state index is 5.75. The van der Waals surface area contributed by atoms with E-state index in [-0.39, 0.29) is 0 Å². The van der Waals surface area contributed by atoms with Gasteiger partial charge >= 0.3 is 0 Å². The lowest BCUT2D eigenvalue weighted by Crippen LogP contribution is -2.34. The lowest BCUT2D eigenvalue weighted by Gasteiger charge is -2.20. The molecule has 96 valence electrons. The summed E-state index contributed by atoms with van der Waals surface area (Å²) in [6.45, 7) is 2.47. The second-order valence-electron chi connectivity index (χ2n) is 4.53. The quantitative estimate of drug-likeness (QED) is 0.910. The Kier molecular flexibility index (Phi) is 3.40. The average molecular weight is 264 g/mol. The van der Waals surface area contributed by atoms with Crippen LogP contribution in [0.15, 0.2) is 21.3 Å². The lowest BCUT2D eigenvalue weighted by molar-refractivity contribution is 0.214. The Bertz CT molecular complexity index is 496. The number of likely N-dealkylation sites (tertiary alicyclic amines) is 1. The van der Waals surface area contributed by atoms with Crippen LogP contribution in [0.4, 0.5) is 0 Å². The number of hydrogen-bond donors (Lipinski definition) is 1. The molecule has 3 rings (SSSR count). The van der Waals surface area contributed by atoms with Crippen LogP contribution in [-0.2, 0) is 6.54 Å². The predicted molar refractivity (Wildman–Crippen MR) is 70.1 cm³/mol. The number of nitrogens with zero attached hydrogens (tertiary/aromatic N) is 3. The smallest absolute Gasteiger partial charge is 0.241 e. The molecule has 0 bridgehead atoms. The van der Waals surface area contributed by atoms with Crippen LogP contribution in [0.2, 0.25) is 0 Å². The van der Waals surface area contributed by atoms with Crippen molar-refractivity contribution in [3.8, 4) is 11.4 Å². The molecule has 1 aliphatic heterocycles. The zero-order valence-corrected chi connectivity index (χ0v) is 10.9. The van der Waals surface area contributed by atoms with Crippen LogP contribution in [0.1, 0.15) is 18.7 Å². The minimum absolute atomic E-state index is 0.460. The highest BCUT2D eigenvalue weighted by molar-refractivity contribution is 7.08. The van der Waals surface area contributed by atoms with Crippen molar-refractivity contribution < 1.29 is 4.52 Å². The van der Waals surface area contributed by atoms with E-state index in [4.69, 9.17) is 10.3 Å². The summed E-state index contributed by atoms with van der Waals surface area (Å²) in [5, 5.41) is 8.05. The molecule has 1 saturated heterocycles. The normalized spacial score (nSPS) is 20.6. The van der Waals surface area contributed by atoms with E-state index in [0.29, 0.717) is 30.8 Å². The third-order valence-electron chi connectivity index (χ3n) is 3.36. The molecule has 0 amide bonds. The minimum atomic E-state index is 0.460. The summed E-state index contributed by atoms with van der Waals surface area (Å²) in [6.07, 6.45) is 2.37. The van der Waals surface area contributed by atoms with Crippen LogP contribution in [0, 0.1) is 0 Å². The monoisotopic (exact) mass is 264 g/mol. The van der Waals surface area contributed by atoms with Gasteiger partial charge in [-0.25, -0.2) is 0 Å². The van der Waals surface area contributed by atoms with Gasteiger partial charge in [0.1, 0.15) is 0 Å². The number of nitrogens with two attached hydrogens (primary N) is 1. The summed E-state index contributed by atoms with van der Waals surface area (Å²) in [4.78, 5) is 6.76. The highest BCUT2D eigenvalue weighted by atomic mass is 32.1. The Morgan fingerprint density at radius 3 is 3.28 bits per heavy atom. The van der Waals surface area contributed by atoms with E-state index in [1.165, 1.54) is 12.8 Å². The lowest BCUT2D eigenvalue weighted by atomic mass is 10.2. The van der Waals surface area contributed by atoms with Crippen LogP contribution in [-0.4, -0.2) is 34.2 Å². The first-order chi connectivity index (χ1) is 8.86. The molecule has 2 aromatic heterocycles. The van der Waals surface area contributed by atoms with E-state index in [9.17, 15) is 0 Å². The fraction of sp³-hybridized carbons (Fsp3) is 0.500. The van der Waals surface area contributed by atoms with Crippen molar-refractivity contribution in [1.82, 2.24) is 15.0 Å². The number of aromatic nitrogens is 2. The van der Waals surface area contributed by atoms with E-state index >= 15 is 0 Å². The zero-order chi connectivity index (χ0) is 12.4. The van der Waals surface area contributed by atoms with Crippen molar-refractivity contribution in [2.45, 2.75) is 25.4 Å². The van der Waals surface area contributed by atoms with Crippen LogP contribution in [0.25, 0.3) is 11.4 Å². The van der Waals surface area contributed by atoms with Crippen LogP contribution >= 0.6 is 11.3 Å². The van der Waals surface area contributed by atoms with E-state index < -0.39 is 0 Å². The molecular weight excluding hydrogens is 248 g/mol. The second-order valence-corrected chi connectivity index (χ2v) is 5.31. The van der Waals surface area contributed by atoms with E-state index in [0.717, 1.165) is 12.1 Å². The molecule has 0 radical (unpaired) electrons. The Morgan fingerprint density at radius 1 is 1.56 bits per heavy atom. The fourth-order valence-electron chi connectivity index (χ4n) is 2.37. The third-order valence-corrected chi connectivity index (χ3v) is 4.04. The van der Waals surface area contributed by atoms with Crippen LogP contribution in [0.3, 0.4) is 0 Å². The maximum Gasteiger partial charge on any atom is 0.241 e.